The van der Waals surface area contributed by atoms with Crippen molar-refractivity contribution >= 4 is 22.8 Å². The zero-order chi connectivity index (χ0) is 13.8. The summed E-state index contributed by atoms with van der Waals surface area (Å²) in [5.41, 5.74) is 6.99. The lowest BCUT2D eigenvalue weighted by atomic mass is 10.2. The van der Waals surface area contributed by atoms with Crippen LogP contribution in [-0.2, 0) is 0 Å². The van der Waals surface area contributed by atoms with E-state index in [0.717, 1.165) is 27.8 Å². The number of rotatable bonds is 3. The fourth-order valence-corrected chi connectivity index (χ4v) is 2.05. The molecule has 0 atom stereocenters. The minimum Gasteiger partial charge on any atom is -0.276 e. The van der Waals surface area contributed by atoms with Crippen molar-refractivity contribution in [2.75, 3.05) is 5.43 Å². The fraction of sp³-hybridized carbons (Fsp3) is 0.0588. The molecule has 0 aliphatic heterocycles. The molecule has 1 heterocycles. The number of hydrazone groups is 1. The van der Waals surface area contributed by atoms with E-state index in [2.05, 4.69) is 21.6 Å². The summed E-state index contributed by atoms with van der Waals surface area (Å²) in [6.45, 7) is 1.99. The number of hydrogen-bond acceptors (Lipinski definition) is 3. The predicted octanol–water partition coefficient (Wildman–Crippen LogP) is 3.99. The third kappa shape index (κ3) is 2.67. The van der Waals surface area contributed by atoms with Gasteiger partial charge in [0, 0.05) is 11.1 Å². The molecule has 20 heavy (non-hydrogen) atoms. The molecule has 0 bridgehead atoms. The molecule has 0 saturated heterocycles. The minimum atomic E-state index is 0.915. The van der Waals surface area contributed by atoms with Crippen molar-refractivity contribution in [3.8, 4) is 0 Å². The van der Waals surface area contributed by atoms with E-state index in [1.807, 2.05) is 61.5 Å². The maximum absolute atomic E-state index is 4.56. The van der Waals surface area contributed by atoms with Gasteiger partial charge >= 0.3 is 0 Å². The molecule has 1 N–H and O–H groups in total. The number of para-hydroxylation sites is 1. The van der Waals surface area contributed by atoms with Crippen LogP contribution >= 0.6 is 0 Å². The first-order valence-electron chi connectivity index (χ1n) is 6.53. The second-order valence-corrected chi connectivity index (χ2v) is 4.61. The van der Waals surface area contributed by atoms with Crippen LogP contribution in [0.1, 0.15) is 11.3 Å². The first-order valence-corrected chi connectivity index (χ1v) is 6.53. The summed E-state index contributed by atoms with van der Waals surface area (Å²) < 4.78 is 0. The quantitative estimate of drug-likeness (QED) is 0.571. The number of nitrogens with zero attached hydrogens (tertiary/aromatic N) is 2. The van der Waals surface area contributed by atoms with E-state index in [0.29, 0.717) is 0 Å². The van der Waals surface area contributed by atoms with E-state index in [1.165, 1.54) is 0 Å². The van der Waals surface area contributed by atoms with Gasteiger partial charge in [0.05, 0.1) is 17.4 Å². The minimum absolute atomic E-state index is 0.915. The number of benzene rings is 2. The molecule has 3 aromatic rings. The van der Waals surface area contributed by atoms with Crippen LogP contribution in [-0.4, -0.2) is 11.2 Å². The van der Waals surface area contributed by atoms with Crippen LogP contribution in [0, 0.1) is 6.92 Å². The van der Waals surface area contributed by atoms with Crippen molar-refractivity contribution in [1.29, 1.82) is 0 Å². The van der Waals surface area contributed by atoms with E-state index >= 15 is 0 Å². The van der Waals surface area contributed by atoms with Gasteiger partial charge in [-0.3, -0.25) is 10.4 Å². The molecule has 0 radical (unpaired) electrons. The lowest BCUT2D eigenvalue weighted by Crippen LogP contribution is -1.93. The number of nitrogens with one attached hydrogen (secondary N) is 1. The standard InChI is InChI=1S/C17H15N3/c1-13-10-11-15-8-5-9-16(17(15)19-13)20-18-12-14-6-3-2-4-7-14/h2-12,20H,1H3. The molecular weight excluding hydrogens is 246 g/mol. The Morgan fingerprint density at radius 2 is 1.80 bits per heavy atom. The van der Waals surface area contributed by atoms with Gasteiger partial charge in [-0.2, -0.15) is 5.10 Å². The van der Waals surface area contributed by atoms with E-state index in [4.69, 9.17) is 0 Å². The Morgan fingerprint density at radius 1 is 0.950 bits per heavy atom. The van der Waals surface area contributed by atoms with E-state index < -0.39 is 0 Å². The second-order valence-electron chi connectivity index (χ2n) is 4.61. The maximum atomic E-state index is 4.56. The lowest BCUT2D eigenvalue weighted by Gasteiger charge is -2.05. The lowest BCUT2D eigenvalue weighted by molar-refractivity contribution is 1.24. The van der Waals surface area contributed by atoms with Crippen LogP contribution < -0.4 is 5.43 Å². The number of aryl methyl sites for hydroxylation is 1. The third-order valence-corrected chi connectivity index (χ3v) is 3.06. The number of pyridine rings is 1. The van der Waals surface area contributed by atoms with Gasteiger partial charge in [0.15, 0.2) is 0 Å². The van der Waals surface area contributed by atoms with Crippen molar-refractivity contribution in [3.05, 3.63) is 71.9 Å². The topological polar surface area (TPSA) is 37.3 Å². The van der Waals surface area contributed by atoms with Gasteiger partial charge in [0.1, 0.15) is 0 Å². The largest absolute Gasteiger partial charge is 0.276 e. The average molecular weight is 261 g/mol. The highest BCUT2D eigenvalue weighted by atomic mass is 15.3. The van der Waals surface area contributed by atoms with Gasteiger partial charge in [0.25, 0.3) is 0 Å². The van der Waals surface area contributed by atoms with Gasteiger partial charge in [-0.05, 0) is 24.6 Å². The van der Waals surface area contributed by atoms with Crippen LogP contribution in [0.15, 0.2) is 65.8 Å². The first-order chi connectivity index (χ1) is 9.83. The summed E-state index contributed by atoms with van der Waals surface area (Å²) in [4.78, 5) is 4.56. The van der Waals surface area contributed by atoms with Crippen LogP contribution in [0.5, 0.6) is 0 Å². The molecule has 2 aromatic carbocycles. The molecule has 1 aromatic heterocycles. The molecule has 98 valence electrons. The summed E-state index contributed by atoms with van der Waals surface area (Å²) in [6, 6.07) is 20.1. The molecule has 0 amide bonds. The van der Waals surface area contributed by atoms with E-state index in [1.54, 1.807) is 6.21 Å². The normalized spacial score (nSPS) is 11.1. The number of anilines is 1. The van der Waals surface area contributed by atoms with Crippen LogP contribution in [0.4, 0.5) is 5.69 Å². The Hall–Kier alpha value is -2.68. The van der Waals surface area contributed by atoms with Crippen molar-refractivity contribution in [2.45, 2.75) is 6.92 Å². The number of aromatic nitrogens is 1. The van der Waals surface area contributed by atoms with Gasteiger partial charge in [-0.15, -0.1) is 0 Å². The van der Waals surface area contributed by atoms with E-state index in [-0.39, 0.29) is 0 Å². The van der Waals surface area contributed by atoms with Crippen molar-refractivity contribution in [3.63, 3.8) is 0 Å². The Bertz CT molecular complexity index is 749. The molecule has 3 heteroatoms. The SMILES string of the molecule is Cc1ccc2cccc(NN=Cc3ccccc3)c2n1. The maximum Gasteiger partial charge on any atom is 0.0955 e. The Labute approximate surface area is 118 Å². The molecule has 0 unspecified atom stereocenters. The van der Waals surface area contributed by atoms with E-state index in [9.17, 15) is 0 Å². The van der Waals surface area contributed by atoms with Crippen molar-refractivity contribution < 1.29 is 0 Å². The van der Waals surface area contributed by atoms with Gasteiger partial charge < -0.3 is 0 Å². The predicted molar refractivity (Wildman–Crippen MR) is 84.1 cm³/mol. The zero-order valence-corrected chi connectivity index (χ0v) is 11.2. The van der Waals surface area contributed by atoms with Gasteiger partial charge in [0.2, 0.25) is 0 Å². The molecule has 3 rings (SSSR count). The molecule has 0 aliphatic carbocycles. The summed E-state index contributed by atoms with van der Waals surface area (Å²) in [5.74, 6) is 0. The van der Waals surface area contributed by atoms with Gasteiger partial charge in [-0.1, -0.05) is 48.5 Å². The highest BCUT2D eigenvalue weighted by Crippen LogP contribution is 2.21. The molecule has 0 saturated carbocycles. The highest BCUT2D eigenvalue weighted by molar-refractivity contribution is 5.91. The van der Waals surface area contributed by atoms with Crippen LogP contribution in [0.3, 0.4) is 0 Å². The number of hydrogen-bond donors (Lipinski definition) is 1. The molecule has 3 nitrogen and oxygen atoms in total. The summed E-state index contributed by atoms with van der Waals surface area (Å²) in [7, 11) is 0. The summed E-state index contributed by atoms with van der Waals surface area (Å²) in [6.07, 6.45) is 1.80. The Morgan fingerprint density at radius 3 is 2.65 bits per heavy atom. The molecule has 0 aliphatic rings. The highest BCUT2D eigenvalue weighted by Gasteiger charge is 2.01. The van der Waals surface area contributed by atoms with Gasteiger partial charge in [-0.25, -0.2) is 0 Å². The first kappa shape index (κ1) is 12.4. The summed E-state index contributed by atoms with van der Waals surface area (Å²) >= 11 is 0. The second kappa shape index (κ2) is 5.53. The van der Waals surface area contributed by atoms with Crippen LogP contribution in [0.2, 0.25) is 0 Å². The summed E-state index contributed by atoms with van der Waals surface area (Å²) in [5, 5.41) is 5.38. The van der Waals surface area contributed by atoms with Crippen molar-refractivity contribution in [1.82, 2.24) is 4.98 Å². The smallest absolute Gasteiger partial charge is 0.0955 e. The fourth-order valence-electron chi connectivity index (χ4n) is 2.05. The Kier molecular flexibility index (Phi) is 3.42. The Balaban J connectivity index is 1.88. The zero-order valence-electron chi connectivity index (χ0n) is 11.2. The molecule has 0 spiro atoms. The third-order valence-electron chi connectivity index (χ3n) is 3.06. The van der Waals surface area contributed by atoms with Crippen LogP contribution in [0.25, 0.3) is 10.9 Å². The van der Waals surface area contributed by atoms with Crippen molar-refractivity contribution in [2.24, 2.45) is 5.10 Å². The molecular formula is C17H15N3. The monoisotopic (exact) mass is 261 g/mol. The molecule has 0 fully saturated rings. The average Bonchev–Trinajstić information content (AvgIpc) is 2.49. The number of fused-ring (bicyclic) bond motifs is 1.